The number of fused-ring (bicyclic) bond motifs is 1. The predicted molar refractivity (Wildman–Crippen MR) is 114 cm³/mol. The van der Waals surface area contributed by atoms with E-state index in [0.717, 1.165) is 24.3 Å². The summed E-state index contributed by atoms with van der Waals surface area (Å²) >= 11 is 0. The number of aliphatic hydroxyl groups is 3. The molecule has 1 saturated heterocycles. The van der Waals surface area contributed by atoms with E-state index in [2.05, 4.69) is 0 Å². The molecule has 1 aliphatic rings. The van der Waals surface area contributed by atoms with Crippen LogP contribution in [-0.2, 0) is 9.53 Å². The van der Waals surface area contributed by atoms with Gasteiger partial charge in [0.15, 0.2) is 23.4 Å². The van der Waals surface area contributed by atoms with Crippen molar-refractivity contribution in [2.24, 2.45) is 0 Å². The highest BCUT2D eigenvalue weighted by atomic mass is 16.7. The number of aromatic hydroxyl groups is 3. The Morgan fingerprint density at radius 1 is 0.971 bits per heavy atom. The Kier molecular flexibility index (Phi) is 6.17. The molecule has 1 aliphatic heterocycles. The van der Waals surface area contributed by atoms with Gasteiger partial charge < -0.3 is 54.4 Å². The van der Waals surface area contributed by atoms with Gasteiger partial charge >= 0.3 is 5.97 Å². The zero-order valence-electron chi connectivity index (χ0n) is 17.9. The third-order valence-corrected chi connectivity index (χ3v) is 5.40. The van der Waals surface area contributed by atoms with Crippen LogP contribution in [0.15, 0.2) is 39.5 Å². The quantitative estimate of drug-likeness (QED) is 0.231. The number of ether oxygens (including phenoxy) is 3. The second kappa shape index (κ2) is 8.96. The molecule has 13 nitrogen and oxygen atoms in total. The summed E-state index contributed by atoms with van der Waals surface area (Å²) in [6.45, 7) is 0. The number of carbonyl (C=O) groups is 1. The van der Waals surface area contributed by atoms with Crippen LogP contribution in [-0.4, -0.2) is 79.5 Å². The largest absolute Gasteiger partial charge is 0.508 e. The van der Waals surface area contributed by atoms with Crippen molar-refractivity contribution in [3.8, 4) is 40.1 Å². The molecule has 0 aliphatic carbocycles. The number of carboxylic acid groups (broad SMARTS) is 1. The van der Waals surface area contributed by atoms with Gasteiger partial charge in [0.05, 0.1) is 7.11 Å². The normalized spacial score (nSPS) is 24.3. The Hall–Kier alpha value is -4.04. The summed E-state index contributed by atoms with van der Waals surface area (Å²) in [5.74, 6) is -3.92. The fraction of sp³-hybridized carbons (Fsp3) is 0.273. The molecule has 1 aromatic heterocycles. The first kappa shape index (κ1) is 24.1. The van der Waals surface area contributed by atoms with E-state index in [4.69, 9.17) is 18.6 Å². The zero-order valence-corrected chi connectivity index (χ0v) is 17.9. The lowest BCUT2D eigenvalue weighted by Gasteiger charge is -2.38. The predicted octanol–water partition coefficient (Wildman–Crippen LogP) is -0.144. The first-order valence-electron chi connectivity index (χ1n) is 10.0. The summed E-state index contributed by atoms with van der Waals surface area (Å²) in [4.78, 5) is 24.7. The van der Waals surface area contributed by atoms with Gasteiger partial charge in [0, 0.05) is 17.7 Å². The van der Waals surface area contributed by atoms with Gasteiger partial charge in [0.2, 0.25) is 17.5 Å². The van der Waals surface area contributed by atoms with Crippen molar-refractivity contribution >= 4 is 16.9 Å². The van der Waals surface area contributed by atoms with E-state index in [1.165, 1.54) is 13.2 Å². The van der Waals surface area contributed by atoms with Crippen LogP contribution in [0.3, 0.4) is 0 Å². The number of hydrogen-bond acceptors (Lipinski definition) is 12. The Labute approximate surface area is 195 Å². The molecule has 0 saturated carbocycles. The topological polar surface area (TPSA) is 217 Å². The lowest BCUT2D eigenvalue weighted by molar-refractivity contribution is -0.270. The smallest absolute Gasteiger partial charge is 0.335 e. The molecule has 3 aromatic rings. The second-order valence-corrected chi connectivity index (χ2v) is 7.67. The summed E-state index contributed by atoms with van der Waals surface area (Å²) in [6, 6.07) is 5.66. The van der Waals surface area contributed by atoms with Crippen LogP contribution in [0.25, 0.3) is 22.3 Å². The molecule has 0 radical (unpaired) electrons. The number of benzene rings is 2. The minimum Gasteiger partial charge on any atom is -0.508 e. The van der Waals surface area contributed by atoms with Gasteiger partial charge in [-0.2, -0.15) is 0 Å². The van der Waals surface area contributed by atoms with E-state index in [1.54, 1.807) is 0 Å². The number of aliphatic hydroxyl groups excluding tert-OH is 3. The highest BCUT2D eigenvalue weighted by molar-refractivity contribution is 5.88. The average molecular weight is 492 g/mol. The van der Waals surface area contributed by atoms with Crippen molar-refractivity contribution in [2.75, 3.05) is 7.11 Å². The first-order chi connectivity index (χ1) is 16.5. The van der Waals surface area contributed by atoms with Gasteiger partial charge in [0.1, 0.15) is 40.8 Å². The standard InChI is InChI=1S/C22H20O13/c1-32-19-14(26)13-11(33-18(19)7-2-3-9(24)10(25)4-7)5-8(23)6-12(13)34-22-17(29)15(27)16(28)20(35-22)21(30)31/h2-6,15-17,20,22-25,27-29H,1H3,(H,30,31)/t15-,16-,17+,20-,22?/m0/s1. The summed E-state index contributed by atoms with van der Waals surface area (Å²) < 4.78 is 21.5. The number of rotatable bonds is 5. The molecular weight excluding hydrogens is 472 g/mol. The highest BCUT2D eigenvalue weighted by Gasteiger charge is 2.48. The molecule has 2 aromatic carbocycles. The summed E-state index contributed by atoms with van der Waals surface area (Å²) in [5, 5.41) is 68.5. The van der Waals surface area contributed by atoms with Crippen molar-refractivity contribution in [1.82, 2.24) is 0 Å². The molecule has 13 heteroatoms. The number of hydrogen-bond donors (Lipinski definition) is 7. The van der Waals surface area contributed by atoms with E-state index in [9.17, 15) is 45.3 Å². The zero-order chi connectivity index (χ0) is 25.6. The van der Waals surface area contributed by atoms with E-state index < -0.39 is 65.1 Å². The van der Waals surface area contributed by atoms with Crippen LogP contribution in [0, 0.1) is 0 Å². The number of methoxy groups -OCH3 is 1. The molecule has 4 rings (SSSR count). The van der Waals surface area contributed by atoms with Crippen LogP contribution in [0.1, 0.15) is 0 Å². The van der Waals surface area contributed by atoms with Crippen LogP contribution < -0.4 is 14.9 Å². The lowest BCUT2D eigenvalue weighted by atomic mass is 9.99. The van der Waals surface area contributed by atoms with Gasteiger partial charge in [-0.15, -0.1) is 0 Å². The minimum atomic E-state index is -1.96. The van der Waals surface area contributed by atoms with Crippen molar-refractivity contribution in [1.29, 1.82) is 0 Å². The maximum absolute atomic E-state index is 13.3. The fourth-order valence-electron chi connectivity index (χ4n) is 3.66. The van der Waals surface area contributed by atoms with Crippen molar-refractivity contribution in [2.45, 2.75) is 30.7 Å². The lowest BCUT2D eigenvalue weighted by Crippen LogP contribution is -2.61. The Balaban J connectivity index is 1.85. The van der Waals surface area contributed by atoms with Crippen LogP contribution in [0.2, 0.25) is 0 Å². The highest BCUT2D eigenvalue weighted by Crippen LogP contribution is 2.39. The summed E-state index contributed by atoms with van der Waals surface area (Å²) in [7, 11) is 1.17. The number of phenols is 3. The first-order valence-corrected chi connectivity index (χ1v) is 10.0. The molecule has 7 N–H and O–H groups in total. The molecule has 0 spiro atoms. The van der Waals surface area contributed by atoms with Crippen LogP contribution >= 0.6 is 0 Å². The Morgan fingerprint density at radius 2 is 1.69 bits per heavy atom. The third kappa shape index (κ3) is 4.17. The Morgan fingerprint density at radius 3 is 2.31 bits per heavy atom. The maximum Gasteiger partial charge on any atom is 0.335 e. The molecule has 0 amide bonds. The number of carboxylic acids is 1. The SMILES string of the molecule is COc1c(-c2ccc(O)c(O)c2)oc2cc(O)cc(OC3O[C@H](C(=O)O)[C@@H](O)[C@H](O)[C@H]3O)c2c1=O. The molecule has 35 heavy (non-hydrogen) atoms. The monoisotopic (exact) mass is 492 g/mol. The molecular formula is C22H20O13. The summed E-state index contributed by atoms with van der Waals surface area (Å²) in [6.07, 6.45) is -9.66. The molecule has 2 heterocycles. The van der Waals surface area contributed by atoms with Crippen LogP contribution in [0.4, 0.5) is 0 Å². The van der Waals surface area contributed by atoms with Gasteiger partial charge in [-0.1, -0.05) is 0 Å². The molecule has 1 unspecified atom stereocenters. The third-order valence-electron chi connectivity index (χ3n) is 5.40. The van der Waals surface area contributed by atoms with E-state index in [1.807, 2.05) is 0 Å². The van der Waals surface area contributed by atoms with E-state index >= 15 is 0 Å². The minimum absolute atomic E-state index is 0.148. The van der Waals surface area contributed by atoms with Crippen LogP contribution in [0.5, 0.6) is 28.7 Å². The van der Waals surface area contributed by atoms with E-state index in [0.29, 0.717) is 0 Å². The van der Waals surface area contributed by atoms with Crippen molar-refractivity contribution in [3.63, 3.8) is 0 Å². The molecule has 1 fully saturated rings. The second-order valence-electron chi connectivity index (χ2n) is 7.67. The van der Waals surface area contributed by atoms with Gasteiger partial charge in [-0.05, 0) is 18.2 Å². The molecule has 0 bridgehead atoms. The van der Waals surface area contributed by atoms with Crippen molar-refractivity contribution < 1.29 is 59.2 Å². The van der Waals surface area contributed by atoms with Gasteiger partial charge in [-0.25, -0.2) is 4.79 Å². The van der Waals surface area contributed by atoms with Gasteiger partial charge in [0.25, 0.3) is 0 Å². The average Bonchev–Trinajstić information content (AvgIpc) is 2.80. The van der Waals surface area contributed by atoms with E-state index in [-0.39, 0.29) is 28.0 Å². The van der Waals surface area contributed by atoms with Crippen molar-refractivity contribution in [3.05, 3.63) is 40.6 Å². The van der Waals surface area contributed by atoms with Gasteiger partial charge in [-0.3, -0.25) is 4.79 Å². The number of phenolic OH excluding ortho intramolecular Hbond substituents is 3. The Bertz CT molecular complexity index is 1350. The number of aliphatic carboxylic acids is 1. The molecule has 5 atom stereocenters. The fourth-order valence-corrected chi connectivity index (χ4v) is 3.66. The summed E-state index contributed by atoms with van der Waals surface area (Å²) in [5.41, 5.74) is -0.893. The molecule has 186 valence electrons. The maximum atomic E-state index is 13.3.